The Morgan fingerprint density at radius 1 is 1.08 bits per heavy atom. The van der Waals surface area contributed by atoms with Crippen molar-refractivity contribution >= 4 is 0 Å². The lowest BCUT2D eigenvalue weighted by atomic mass is 10.5. The number of hydrazine groups is 1. The van der Waals surface area contributed by atoms with Crippen LogP contribution in [0.2, 0.25) is 0 Å². The molecule has 1 aliphatic rings. The predicted molar refractivity (Wildman–Crippen MR) is 92.5 cm³/mol. The molecule has 1 rings (SSSR count). The van der Waals surface area contributed by atoms with Gasteiger partial charge in [0.25, 0.3) is 0 Å². The van der Waals surface area contributed by atoms with Gasteiger partial charge in [-0.05, 0) is 0 Å². The number of ether oxygens (including phenoxy) is 4. The van der Waals surface area contributed by atoms with Crippen LogP contribution in [0.5, 0.6) is 0 Å². The molecule has 0 saturated carbocycles. The minimum absolute atomic E-state index is 0. The van der Waals surface area contributed by atoms with Crippen LogP contribution in [-0.2, 0) is 18.9 Å². The minimum Gasteiger partial charge on any atom is -0.412 e. The monoisotopic (exact) mass is 367 g/mol. The summed E-state index contributed by atoms with van der Waals surface area (Å²) in [6.45, 7) is 12.4. The highest BCUT2D eigenvalue weighted by molar-refractivity contribution is 4.67. The van der Waals surface area contributed by atoms with Gasteiger partial charge in [0.05, 0.1) is 52.8 Å². The van der Waals surface area contributed by atoms with Crippen molar-refractivity contribution < 1.29 is 34.8 Å². The lowest BCUT2D eigenvalue weighted by Crippen LogP contribution is -2.39. The smallest absolute Gasteiger partial charge is 0.104 e. The van der Waals surface area contributed by atoms with E-state index in [1.54, 1.807) is 12.2 Å². The van der Waals surface area contributed by atoms with Gasteiger partial charge in [0.15, 0.2) is 0 Å². The van der Waals surface area contributed by atoms with Gasteiger partial charge in [-0.2, -0.15) is 0 Å². The molecule has 1 fully saturated rings. The number of rotatable bonds is 16. The van der Waals surface area contributed by atoms with Crippen LogP contribution in [0.1, 0.15) is 0 Å². The summed E-state index contributed by atoms with van der Waals surface area (Å²) in [4.78, 5) is 0. The fourth-order valence-electron chi connectivity index (χ4n) is 1.31. The molecule has 0 radical (unpaired) electrons. The van der Waals surface area contributed by atoms with Crippen LogP contribution >= 0.6 is 0 Å². The normalized spacial score (nSPS) is 15.1. The minimum atomic E-state index is 0. The van der Waals surface area contributed by atoms with Crippen LogP contribution in [0.15, 0.2) is 25.3 Å². The molecule has 1 unspecified atom stereocenters. The standard InChI is InChI=1S/C10H20N2O4.C5H11NO2.H2O/c1-2-5-14-6-3-11-12(13)4-7-15-8-10-9-16-10;1-2-4-8-5-3-6-7;/h2,10-11,13H,1,3-9H2;2,6-7H,1,3-5H2;1H2. The quantitative estimate of drug-likeness (QED) is 0.119. The van der Waals surface area contributed by atoms with E-state index in [0.29, 0.717) is 59.3 Å². The van der Waals surface area contributed by atoms with Gasteiger partial charge in [-0.1, -0.05) is 12.2 Å². The number of epoxide rings is 1. The third kappa shape index (κ3) is 23.1. The van der Waals surface area contributed by atoms with Crippen molar-refractivity contribution in [2.45, 2.75) is 6.10 Å². The van der Waals surface area contributed by atoms with Crippen LogP contribution in [0.3, 0.4) is 0 Å². The molecule has 25 heavy (non-hydrogen) atoms. The Bertz CT molecular complexity index is 294. The fraction of sp³-hybridized carbons (Fsp3) is 0.733. The SMILES string of the molecule is C=CCOCCNN(O)CCOCC1CO1.C=CCOCCNO.O. The van der Waals surface area contributed by atoms with Crippen LogP contribution < -0.4 is 10.9 Å². The van der Waals surface area contributed by atoms with E-state index in [-0.39, 0.29) is 11.6 Å². The van der Waals surface area contributed by atoms with Crippen molar-refractivity contribution in [3.63, 3.8) is 0 Å². The fourth-order valence-corrected chi connectivity index (χ4v) is 1.31. The molecule has 0 aliphatic carbocycles. The zero-order chi connectivity index (χ0) is 17.9. The third-order valence-corrected chi connectivity index (χ3v) is 2.52. The Hall–Kier alpha value is -0.920. The number of hydrogen-bond acceptors (Lipinski definition) is 9. The maximum Gasteiger partial charge on any atom is 0.104 e. The second-order valence-corrected chi connectivity index (χ2v) is 4.70. The van der Waals surface area contributed by atoms with E-state index < -0.39 is 0 Å². The van der Waals surface area contributed by atoms with Gasteiger partial charge in [0.1, 0.15) is 6.10 Å². The topological polar surface area (TPSA) is 139 Å². The van der Waals surface area contributed by atoms with Crippen molar-refractivity contribution in [3.8, 4) is 0 Å². The van der Waals surface area contributed by atoms with Crippen LogP contribution in [0, 0.1) is 0 Å². The molecular weight excluding hydrogens is 334 g/mol. The Kier molecular flexibility index (Phi) is 22.2. The molecule has 1 heterocycles. The summed E-state index contributed by atoms with van der Waals surface area (Å²) in [5.74, 6) is 0. The average Bonchev–Trinajstić information content (AvgIpc) is 3.40. The summed E-state index contributed by atoms with van der Waals surface area (Å²) >= 11 is 0. The second kappa shape index (κ2) is 21.1. The van der Waals surface area contributed by atoms with Crippen LogP contribution in [-0.4, -0.2) is 93.0 Å². The van der Waals surface area contributed by atoms with Gasteiger partial charge in [-0.25, -0.2) is 10.9 Å². The Morgan fingerprint density at radius 3 is 2.20 bits per heavy atom. The summed E-state index contributed by atoms with van der Waals surface area (Å²) in [7, 11) is 0. The maximum absolute atomic E-state index is 9.32. The second-order valence-electron chi connectivity index (χ2n) is 4.70. The van der Waals surface area contributed by atoms with Crippen molar-refractivity contribution in [1.82, 2.24) is 16.1 Å². The van der Waals surface area contributed by atoms with E-state index in [1.807, 2.05) is 5.48 Å². The molecule has 10 nitrogen and oxygen atoms in total. The first-order valence-corrected chi connectivity index (χ1v) is 7.88. The summed E-state index contributed by atoms with van der Waals surface area (Å²) < 4.78 is 20.3. The highest BCUT2D eigenvalue weighted by atomic mass is 16.6. The third-order valence-electron chi connectivity index (χ3n) is 2.52. The van der Waals surface area contributed by atoms with Gasteiger partial charge < -0.3 is 29.6 Å². The first kappa shape index (κ1) is 26.3. The lowest BCUT2D eigenvalue weighted by molar-refractivity contribution is -0.149. The molecule has 6 N–H and O–H groups in total. The van der Waals surface area contributed by atoms with E-state index >= 15 is 0 Å². The van der Waals surface area contributed by atoms with Gasteiger partial charge in [0, 0.05) is 13.1 Å². The first-order valence-electron chi connectivity index (χ1n) is 7.88. The molecule has 1 atom stereocenters. The zero-order valence-electron chi connectivity index (χ0n) is 14.7. The largest absolute Gasteiger partial charge is 0.412 e. The number of nitrogens with one attached hydrogen (secondary N) is 2. The molecule has 0 aromatic carbocycles. The number of hydrogen-bond donors (Lipinski definition) is 4. The van der Waals surface area contributed by atoms with E-state index in [4.69, 9.17) is 24.2 Å². The molecule has 10 heteroatoms. The Morgan fingerprint density at radius 2 is 1.68 bits per heavy atom. The van der Waals surface area contributed by atoms with Crippen molar-refractivity contribution in [1.29, 1.82) is 0 Å². The van der Waals surface area contributed by atoms with Gasteiger partial charge >= 0.3 is 0 Å². The summed E-state index contributed by atoms with van der Waals surface area (Å²) in [6, 6.07) is 0. The van der Waals surface area contributed by atoms with Crippen molar-refractivity contribution in [2.75, 3.05) is 65.9 Å². The number of hydroxylamine groups is 2. The van der Waals surface area contributed by atoms with Gasteiger partial charge in [-0.15, -0.1) is 18.3 Å². The highest BCUT2D eigenvalue weighted by Gasteiger charge is 2.22. The molecule has 0 aromatic rings. The van der Waals surface area contributed by atoms with Crippen molar-refractivity contribution in [2.24, 2.45) is 0 Å². The molecule has 0 amide bonds. The van der Waals surface area contributed by atoms with E-state index in [2.05, 4.69) is 18.6 Å². The van der Waals surface area contributed by atoms with Crippen molar-refractivity contribution in [3.05, 3.63) is 25.3 Å². The summed E-state index contributed by atoms with van der Waals surface area (Å²) in [6.07, 6.45) is 3.62. The van der Waals surface area contributed by atoms with E-state index in [1.165, 1.54) is 0 Å². The van der Waals surface area contributed by atoms with Gasteiger partial charge in [-0.3, -0.25) is 5.21 Å². The Balaban J connectivity index is 0. The molecular formula is C15H33N3O7. The highest BCUT2D eigenvalue weighted by Crippen LogP contribution is 2.07. The molecule has 0 aromatic heterocycles. The maximum atomic E-state index is 9.32. The first-order chi connectivity index (χ1) is 11.7. The van der Waals surface area contributed by atoms with Crippen LogP contribution in [0.25, 0.3) is 0 Å². The molecule has 150 valence electrons. The van der Waals surface area contributed by atoms with Crippen LogP contribution in [0.4, 0.5) is 0 Å². The molecule has 1 aliphatic heterocycles. The molecule has 0 bridgehead atoms. The summed E-state index contributed by atoms with van der Waals surface area (Å²) in [5.41, 5.74) is 4.73. The number of nitrogens with zero attached hydrogens (tertiary/aromatic N) is 1. The van der Waals surface area contributed by atoms with Gasteiger partial charge in [0.2, 0.25) is 0 Å². The van der Waals surface area contributed by atoms with E-state index in [9.17, 15) is 5.21 Å². The average molecular weight is 367 g/mol. The Labute approximate surface area is 149 Å². The van der Waals surface area contributed by atoms with E-state index in [0.717, 1.165) is 11.8 Å². The summed E-state index contributed by atoms with van der Waals surface area (Å²) in [5, 5.41) is 18.3. The zero-order valence-corrected chi connectivity index (χ0v) is 14.7. The lowest BCUT2D eigenvalue weighted by Gasteiger charge is -2.15. The predicted octanol–water partition coefficient (Wildman–Crippen LogP) is -0.857. The molecule has 1 saturated heterocycles. The molecule has 0 spiro atoms.